The zero-order valence-electron chi connectivity index (χ0n) is 11.9. The van der Waals surface area contributed by atoms with Crippen molar-refractivity contribution < 1.29 is 14.8 Å². The normalized spacial score (nSPS) is 10.0. The fourth-order valence-corrected chi connectivity index (χ4v) is 1.92. The molecule has 0 aliphatic rings. The number of carbonyl (C=O) groups is 1. The molecule has 0 aromatic heterocycles. The summed E-state index contributed by atoms with van der Waals surface area (Å²) in [6, 6.07) is 10.3. The van der Waals surface area contributed by atoms with Crippen molar-refractivity contribution in [2.45, 2.75) is 13.5 Å². The zero-order chi connectivity index (χ0) is 16.1. The van der Waals surface area contributed by atoms with Crippen LogP contribution in [0.25, 0.3) is 0 Å². The highest BCUT2D eigenvalue weighted by molar-refractivity contribution is 5.90. The number of urea groups is 1. The summed E-state index contributed by atoms with van der Waals surface area (Å²) >= 11 is 0. The topological polar surface area (TPSA) is 105 Å². The van der Waals surface area contributed by atoms with Crippen molar-refractivity contribution in [3.63, 3.8) is 0 Å². The second-order valence-electron chi connectivity index (χ2n) is 4.73. The number of anilines is 1. The van der Waals surface area contributed by atoms with Crippen LogP contribution in [0.4, 0.5) is 16.2 Å². The Labute approximate surface area is 126 Å². The van der Waals surface area contributed by atoms with E-state index in [9.17, 15) is 20.0 Å². The third kappa shape index (κ3) is 3.95. The number of nitrogens with one attached hydrogen (secondary N) is 2. The Morgan fingerprint density at radius 1 is 1.27 bits per heavy atom. The molecule has 0 heterocycles. The quantitative estimate of drug-likeness (QED) is 0.596. The summed E-state index contributed by atoms with van der Waals surface area (Å²) in [4.78, 5) is 22.0. The fraction of sp³-hybridized carbons (Fsp3) is 0.133. The smallest absolute Gasteiger partial charge is 0.319 e. The van der Waals surface area contributed by atoms with Gasteiger partial charge in [0.05, 0.1) is 4.92 Å². The van der Waals surface area contributed by atoms with Crippen molar-refractivity contribution in [1.29, 1.82) is 0 Å². The lowest BCUT2D eigenvalue weighted by Gasteiger charge is -2.10. The first kappa shape index (κ1) is 15.3. The summed E-state index contributed by atoms with van der Waals surface area (Å²) in [5, 5.41) is 25.3. The second kappa shape index (κ2) is 6.57. The summed E-state index contributed by atoms with van der Waals surface area (Å²) in [6.45, 7) is 1.93. The van der Waals surface area contributed by atoms with Crippen LogP contribution >= 0.6 is 0 Å². The molecule has 0 saturated heterocycles. The van der Waals surface area contributed by atoms with Crippen LogP contribution in [0.1, 0.15) is 11.1 Å². The van der Waals surface area contributed by atoms with Gasteiger partial charge >= 0.3 is 6.03 Å². The maximum absolute atomic E-state index is 11.8. The van der Waals surface area contributed by atoms with Crippen LogP contribution in [-0.2, 0) is 6.54 Å². The largest absolute Gasteiger partial charge is 0.508 e. The molecular formula is C15H15N3O4. The maximum atomic E-state index is 11.8. The summed E-state index contributed by atoms with van der Waals surface area (Å²) in [6.07, 6.45) is 0. The number of benzene rings is 2. The monoisotopic (exact) mass is 301 g/mol. The van der Waals surface area contributed by atoms with E-state index in [1.807, 2.05) is 0 Å². The minimum Gasteiger partial charge on any atom is -0.508 e. The molecule has 0 spiro atoms. The van der Waals surface area contributed by atoms with Crippen LogP contribution in [0.5, 0.6) is 5.75 Å². The van der Waals surface area contributed by atoms with Gasteiger partial charge < -0.3 is 15.7 Å². The Kier molecular flexibility index (Phi) is 4.57. The molecular weight excluding hydrogens is 286 g/mol. The van der Waals surface area contributed by atoms with E-state index in [2.05, 4.69) is 10.6 Å². The Bertz CT molecular complexity index is 716. The number of nitrogens with zero attached hydrogens (tertiary/aromatic N) is 1. The molecule has 3 N–H and O–H groups in total. The predicted octanol–water partition coefficient (Wildman–Crippen LogP) is 2.93. The highest BCUT2D eigenvalue weighted by Gasteiger charge is 2.10. The summed E-state index contributed by atoms with van der Waals surface area (Å²) in [7, 11) is 0. The van der Waals surface area contributed by atoms with Crippen LogP contribution in [0.3, 0.4) is 0 Å². The second-order valence-corrected chi connectivity index (χ2v) is 4.73. The molecule has 22 heavy (non-hydrogen) atoms. The SMILES string of the molecule is Cc1cc([N+](=O)[O-])ccc1NC(=O)NCc1cccc(O)c1. The molecule has 7 heteroatoms. The Morgan fingerprint density at radius 2 is 2.05 bits per heavy atom. The van der Waals surface area contributed by atoms with Gasteiger partial charge in [-0.3, -0.25) is 10.1 Å². The molecule has 114 valence electrons. The number of aryl methyl sites for hydroxylation is 1. The van der Waals surface area contributed by atoms with E-state index in [-0.39, 0.29) is 18.0 Å². The number of phenols is 1. The first-order valence-electron chi connectivity index (χ1n) is 6.53. The molecule has 0 aliphatic carbocycles. The number of amides is 2. The average molecular weight is 301 g/mol. The minimum absolute atomic E-state index is 0.0248. The van der Waals surface area contributed by atoms with Crippen LogP contribution in [-0.4, -0.2) is 16.1 Å². The summed E-state index contributed by atoms with van der Waals surface area (Å²) in [5.74, 6) is 0.130. The number of aromatic hydroxyl groups is 1. The lowest BCUT2D eigenvalue weighted by Crippen LogP contribution is -2.28. The van der Waals surface area contributed by atoms with Gasteiger partial charge in [0.25, 0.3) is 5.69 Å². The number of non-ortho nitro benzene ring substituents is 1. The predicted molar refractivity (Wildman–Crippen MR) is 81.8 cm³/mol. The summed E-state index contributed by atoms with van der Waals surface area (Å²) in [5.41, 5.74) is 1.83. The van der Waals surface area contributed by atoms with Gasteiger partial charge in [0.1, 0.15) is 5.75 Å². The molecule has 0 radical (unpaired) electrons. The molecule has 2 rings (SSSR count). The van der Waals surface area contributed by atoms with Crippen molar-refractivity contribution in [3.05, 3.63) is 63.7 Å². The highest BCUT2D eigenvalue weighted by atomic mass is 16.6. The molecule has 2 aromatic carbocycles. The van der Waals surface area contributed by atoms with Gasteiger partial charge in [-0.25, -0.2) is 4.79 Å². The Hall–Kier alpha value is -3.09. The third-order valence-electron chi connectivity index (χ3n) is 3.03. The molecule has 0 unspecified atom stereocenters. The number of hydrogen-bond acceptors (Lipinski definition) is 4. The summed E-state index contributed by atoms with van der Waals surface area (Å²) < 4.78 is 0. The van der Waals surface area contributed by atoms with E-state index in [1.54, 1.807) is 31.2 Å². The van der Waals surface area contributed by atoms with Crippen LogP contribution in [0.15, 0.2) is 42.5 Å². The first-order valence-corrected chi connectivity index (χ1v) is 6.53. The lowest BCUT2D eigenvalue weighted by atomic mass is 10.2. The van der Waals surface area contributed by atoms with Crippen LogP contribution < -0.4 is 10.6 Å². The number of carbonyl (C=O) groups excluding carboxylic acids is 1. The van der Waals surface area contributed by atoms with Crippen molar-refractivity contribution in [2.24, 2.45) is 0 Å². The lowest BCUT2D eigenvalue weighted by molar-refractivity contribution is -0.384. The number of nitro groups is 1. The fourth-order valence-electron chi connectivity index (χ4n) is 1.92. The number of rotatable bonds is 4. The van der Waals surface area contributed by atoms with E-state index < -0.39 is 11.0 Å². The standard InChI is InChI=1S/C15H15N3O4/c1-10-7-12(18(21)22)5-6-14(10)17-15(20)16-9-11-3-2-4-13(19)8-11/h2-8,19H,9H2,1H3,(H2,16,17,20). The third-order valence-corrected chi connectivity index (χ3v) is 3.03. The van der Waals surface area contributed by atoms with Crippen LogP contribution in [0.2, 0.25) is 0 Å². The molecule has 2 aromatic rings. The molecule has 2 amide bonds. The highest BCUT2D eigenvalue weighted by Crippen LogP contribution is 2.21. The zero-order valence-corrected chi connectivity index (χ0v) is 11.9. The first-order chi connectivity index (χ1) is 10.5. The molecule has 0 saturated carbocycles. The molecule has 0 fully saturated rings. The van der Waals surface area contributed by atoms with E-state index in [0.717, 1.165) is 5.56 Å². The van der Waals surface area contributed by atoms with Gasteiger partial charge in [-0.2, -0.15) is 0 Å². The van der Waals surface area contributed by atoms with E-state index in [0.29, 0.717) is 11.3 Å². The number of hydrogen-bond donors (Lipinski definition) is 3. The van der Waals surface area contributed by atoms with E-state index in [1.165, 1.54) is 18.2 Å². The van der Waals surface area contributed by atoms with Gasteiger partial charge in [-0.15, -0.1) is 0 Å². The van der Waals surface area contributed by atoms with Gasteiger partial charge in [-0.1, -0.05) is 12.1 Å². The van der Waals surface area contributed by atoms with Gasteiger partial charge in [0.15, 0.2) is 0 Å². The van der Waals surface area contributed by atoms with Gasteiger partial charge in [0.2, 0.25) is 0 Å². The molecule has 7 nitrogen and oxygen atoms in total. The van der Waals surface area contributed by atoms with Gasteiger partial charge in [-0.05, 0) is 36.2 Å². The molecule has 0 atom stereocenters. The maximum Gasteiger partial charge on any atom is 0.319 e. The molecule has 0 aliphatic heterocycles. The van der Waals surface area contributed by atoms with Crippen LogP contribution in [0, 0.1) is 17.0 Å². The van der Waals surface area contributed by atoms with Crippen molar-refractivity contribution >= 4 is 17.4 Å². The number of phenolic OH excluding ortho intramolecular Hbond substituents is 1. The number of nitro benzene ring substituents is 1. The molecule has 0 bridgehead atoms. The average Bonchev–Trinajstić information content (AvgIpc) is 2.47. The van der Waals surface area contributed by atoms with E-state index >= 15 is 0 Å². The van der Waals surface area contributed by atoms with E-state index in [4.69, 9.17) is 0 Å². The van der Waals surface area contributed by atoms with Crippen molar-refractivity contribution in [3.8, 4) is 5.75 Å². The van der Waals surface area contributed by atoms with Crippen molar-refractivity contribution in [1.82, 2.24) is 5.32 Å². The minimum atomic E-state index is -0.487. The Morgan fingerprint density at radius 3 is 2.68 bits per heavy atom. The van der Waals surface area contributed by atoms with Gasteiger partial charge in [0, 0.05) is 24.4 Å². The van der Waals surface area contributed by atoms with Crippen molar-refractivity contribution in [2.75, 3.05) is 5.32 Å². The Balaban J connectivity index is 1.96.